The van der Waals surface area contributed by atoms with Crippen molar-refractivity contribution in [3.8, 4) is 0 Å². The molecule has 5 nitrogen and oxygen atoms in total. The third kappa shape index (κ3) is 3.49. The molecule has 4 rings (SSSR count). The molecule has 0 fully saturated rings. The van der Waals surface area contributed by atoms with E-state index in [1.165, 1.54) is 7.11 Å². The Labute approximate surface area is 179 Å². The minimum atomic E-state index is -0.839. The minimum absolute atomic E-state index is 0.180. The Balaban J connectivity index is 1.89. The molecule has 3 atom stereocenters. The van der Waals surface area contributed by atoms with Gasteiger partial charge in [-0.15, -0.1) is 0 Å². The molecule has 0 bridgehead atoms. The lowest BCUT2D eigenvalue weighted by molar-refractivity contribution is -0.151. The van der Waals surface area contributed by atoms with Crippen LogP contribution in [0, 0.1) is 11.8 Å². The van der Waals surface area contributed by atoms with Gasteiger partial charge in [-0.1, -0.05) is 48.3 Å². The van der Waals surface area contributed by atoms with E-state index in [2.05, 4.69) is 10.6 Å². The fourth-order valence-electron chi connectivity index (χ4n) is 4.08. The summed E-state index contributed by atoms with van der Waals surface area (Å²) < 4.78 is 4.92. The lowest BCUT2D eigenvalue weighted by atomic mass is 9.75. The molecule has 0 saturated heterocycles. The largest absolute Gasteiger partial charge is 0.468 e. The van der Waals surface area contributed by atoms with Gasteiger partial charge in [0.15, 0.2) is 5.78 Å². The van der Waals surface area contributed by atoms with Gasteiger partial charge in [-0.3, -0.25) is 9.59 Å². The van der Waals surface area contributed by atoms with Crippen LogP contribution >= 0.6 is 23.2 Å². The van der Waals surface area contributed by atoms with Crippen LogP contribution in [0.4, 0.5) is 11.4 Å². The molecule has 2 aromatic rings. The Hall–Kier alpha value is -2.50. The Morgan fingerprint density at radius 3 is 2.52 bits per heavy atom. The molecule has 2 N–H and O–H groups in total. The highest BCUT2D eigenvalue weighted by Crippen LogP contribution is 2.44. The van der Waals surface area contributed by atoms with Crippen molar-refractivity contribution in [2.45, 2.75) is 19.4 Å². The number of fused-ring (bicyclic) bond motifs is 1. The number of nitrogens with one attached hydrogen (secondary N) is 2. The van der Waals surface area contributed by atoms with E-state index in [1.807, 2.05) is 37.3 Å². The van der Waals surface area contributed by atoms with E-state index in [1.54, 1.807) is 12.1 Å². The minimum Gasteiger partial charge on any atom is -0.468 e. The van der Waals surface area contributed by atoms with E-state index in [-0.39, 0.29) is 11.7 Å². The Kier molecular flexibility index (Phi) is 5.28. The topological polar surface area (TPSA) is 67.4 Å². The third-order valence-electron chi connectivity index (χ3n) is 5.50. The Morgan fingerprint density at radius 2 is 1.83 bits per heavy atom. The highest BCUT2D eigenvalue weighted by Gasteiger charge is 2.44. The molecular formula is C22H20Cl2N2O3. The number of anilines is 2. The second-order valence-electron chi connectivity index (χ2n) is 7.36. The van der Waals surface area contributed by atoms with Gasteiger partial charge in [0.2, 0.25) is 0 Å². The first-order valence-corrected chi connectivity index (χ1v) is 10.1. The number of Topliss-reactive ketones (excluding diaryl/α,β-unsaturated/α-hetero) is 1. The van der Waals surface area contributed by atoms with Crippen molar-refractivity contribution in [1.29, 1.82) is 0 Å². The number of rotatable bonds is 2. The molecule has 2 aliphatic rings. The summed E-state index contributed by atoms with van der Waals surface area (Å²) in [4.78, 5) is 25.9. The number of para-hydroxylation sites is 2. The lowest BCUT2D eigenvalue weighted by Gasteiger charge is -2.32. The van der Waals surface area contributed by atoms with E-state index >= 15 is 0 Å². The number of benzene rings is 2. The van der Waals surface area contributed by atoms with Crippen molar-refractivity contribution < 1.29 is 14.3 Å². The van der Waals surface area contributed by atoms with Crippen molar-refractivity contribution in [3.05, 3.63) is 69.3 Å². The van der Waals surface area contributed by atoms with Gasteiger partial charge in [-0.05, 0) is 42.2 Å². The molecule has 1 aliphatic carbocycles. The second-order valence-corrected chi connectivity index (χ2v) is 8.17. The molecule has 0 aromatic heterocycles. The monoisotopic (exact) mass is 430 g/mol. The molecule has 2 aromatic carbocycles. The van der Waals surface area contributed by atoms with Crippen molar-refractivity contribution in [2.75, 3.05) is 17.7 Å². The fraction of sp³-hybridized carbons (Fsp3) is 0.273. The second kappa shape index (κ2) is 7.73. The van der Waals surface area contributed by atoms with Gasteiger partial charge < -0.3 is 15.4 Å². The van der Waals surface area contributed by atoms with E-state index in [0.717, 1.165) is 22.6 Å². The zero-order chi connectivity index (χ0) is 20.7. The van der Waals surface area contributed by atoms with Crippen molar-refractivity contribution >= 4 is 46.3 Å². The van der Waals surface area contributed by atoms with Gasteiger partial charge in [0.25, 0.3) is 0 Å². The molecule has 0 unspecified atom stereocenters. The predicted molar refractivity (Wildman–Crippen MR) is 114 cm³/mol. The zero-order valence-electron chi connectivity index (χ0n) is 16.0. The molecule has 0 radical (unpaired) electrons. The summed E-state index contributed by atoms with van der Waals surface area (Å²) in [7, 11) is 1.31. The summed E-state index contributed by atoms with van der Waals surface area (Å²) >= 11 is 12.4. The van der Waals surface area contributed by atoms with E-state index in [4.69, 9.17) is 27.9 Å². The molecule has 1 heterocycles. The first kappa shape index (κ1) is 19.8. The highest BCUT2D eigenvalue weighted by molar-refractivity contribution is 6.42. The van der Waals surface area contributed by atoms with Gasteiger partial charge in [-0.25, -0.2) is 0 Å². The maximum atomic E-state index is 13.5. The number of carbonyl (C=O) groups excluding carboxylic acids is 2. The number of hydrogen-bond donors (Lipinski definition) is 2. The number of ether oxygens (including phenoxy) is 1. The highest BCUT2D eigenvalue weighted by atomic mass is 35.5. The zero-order valence-corrected chi connectivity index (χ0v) is 17.5. The van der Waals surface area contributed by atoms with Gasteiger partial charge in [0.05, 0.1) is 34.6 Å². The van der Waals surface area contributed by atoms with Gasteiger partial charge >= 0.3 is 5.97 Å². The number of hydrogen-bond acceptors (Lipinski definition) is 5. The quantitative estimate of drug-likeness (QED) is 0.504. The van der Waals surface area contributed by atoms with Crippen LogP contribution in [-0.4, -0.2) is 18.9 Å². The van der Waals surface area contributed by atoms with Crippen molar-refractivity contribution in [1.82, 2.24) is 0 Å². The molecular weight excluding hydrogens is 411 g/mol. The van der Waals surface area contributed by atoms with Gasteiger partial charge in [0, 0.05) is 11.3 Å². The molecule has 0 amide bonds. The molecule has 1 aliphatic heterocycles. The maximum Gasteiger partial charge on any atom is 0.316 e. The normalized spacial score (nSPS) is 23.3. The van der Waals surface area contributed by atoms with E-state index in [9.17, 15) is 9.59 Å². The number of carbonyl (C=O) groups is 2. The standard InChI is InChI=1S/C22H20Cl2N2O3/c1-11-9-17-19(21(27)18(11)22(28)29-2)20(12-7-8-13(23)14(24)10-12)26-16-6-4-3-5-15(16)25-17/h3-8,10-11,18,20,25-26H,9H2,1-2H3/t11-,18-,20-/m1/s1. The lowest BCUT2D eigenvalue weighted by Crippen LogP contribution is -2.39. The van der Waals surface area contributed by atoms with Crippen LogP contribution in [0.15, 0.2) is 53.7 Å². The summed E-state index contributed by atoms with van der Waals surface area (Å²) in [5.74, 6) is -1.77. The maximum absolute atomic E-state index is 13.5. The van der Waals surface area contributed by atoms with E-state index in [0.29, 0.717) is 22.0 Å². The van der Waals surface area contributed by atoms with Crippen LogP contribution in [0.5, 0.6) is 0 Å². The first-order valence-electron chi connectivity index (χ1n) is 9.33. The number of allylic oxidation sites excluding steroid dienone is 1. The first-order chi connectivity index (χ1) is 13.9. The fourth-order valence-corrected chi connectivity index (χ4v) is 4.38. The van der Waals surface area contributed by atoms with Crippen LogP contribution in [-0.2, 0) is 14.3 Å². The van der Waals surface area contributed by atoms with Crippen molar-refractivity contribution in [2.24, 2.45) is 11.8 Å². The summed E-state index contributed by atoms with van der Waals surface area (Å²) in [6.45, 7) is 1.89. The summed E-state index contributed by atoms with van der Waals surface area (Å²) in [6, 6.07) is 12.6. The van der Waals surface area contributed by atoms with E-state index < -0.39 is 17.9 Å². The average Bonchev–Trinajstić information content (AvgIpc) is 2.86. The molecule has 7 heteroatoms. The number of ketones is 1. The van der Waals surface area contributed by atoms with Crippen LogP contribution in [0.1, 0.15) is 24.9 Å². The van der Waals surface area contributed by atoms with Crippen LogP contribution in [0.25, 0.3) is 0 Å². The summed E-state index contributed by atoms with van der Waals surface area (Å²) in [5, 5.41) is 7.70. The van der Waals surface area contributed by atoms with Crippen LogP contribution in [0.3, 0.4) is 0 Å². The number of halogens is 2. The SMILES string of the molecule is COC(=O)[C@H]1C(=O)C2=C(C[C@H]1C)Nc1ccccc1N[C@@H]2c1ccc(Cl)c(Cl)c1. The van der Waals surface area contributed by atoms with Crippen LogP contribution in [0.2, 0.25) is 10.0 Å². The summed E-state index contributed by atoms with van der Waals surface area (Å²) in [6.07, 6.45) is 0.550. The van der Waals surface area contributed by atoms with Crippen molar-refractivity contribution in [3.63, 3.8) is 0 Å². The Morgan fingerprint density at radius 1 is 1.10 bits per heavy atom. The molecule has 29 heavy (non-hydrogen) atoms. The smallest absolute Gasteiger partial charge is 0.316 e. The van der Waals surface area contributed by atoms with Gasteiger partial charge in [-0.2, -0.15) is 0 Å². The molecule has 150 valence electrons. The average molecular weight is 431 g/mol. The molecule has 0 spiro atoms. The molecule has 0 saturated carbocycles. The Bertz CT molecular complexity index is 1030. The summed E-state index contributed by atoms with van der Waals surface area (Å²) in [5.41, 5.74) is 3.84. The third-order valence-corrected chi connectivity index (χ3v) is 6.24. The number of esters is 1. The predicted octanol–water partition coefficient (Wildman–Crippen LogP) is 5.22. The van der Waals surface area contributed by atoms with Crippen LogP contribution < -0.4 is 10.6 Å². The number of methoxy groups -OCH3 is 1. The van der Waals surface area contributed by atoms with Gasteiger partial charge in [0.1, 0.15) is 5.92 Å².